The van der Waals surface area contributed by atoms with Gasteiger partial charge in [0.1, 0.15) is 17.8 Å². The van der Waals surface area contributed by atoms with Crippen LogP contribution in [-0.4, -0.2) is 25.7 Å². The van der Waals surface area contributed by atoms with Crippen LogP contribution in [0.25, 0.3) is 33.0 Å². The minimum atomic E-state index is -3.90. The third kappa shape index (κ3) is 4.38. The topological polar surface area (TPSA) is 94.3 Å². The summed E-state index contributed by atoms with van der Waals surface area (Å²) in [7, 11) is -2.36. The van der Waals surface area contributed by atoms with Crippen LogP contribution < -0.4 is 9.46 Å². The Kier molecular flexibility index (Phi) is 6.11. The SMILES string of the molecule is COc1cc(-c2cccc(F)c2)c(Cl)cc1-c1c(C)ncc2cc(S(=O)(=O)Nc3ccon3)ccc12. The van der Waals surface area contributed by atoms with E-state index < -0.39 is 10.0 Å². The summed E-state index contributed by atoms with van der Waals surface area (Å²) < 4.78 is 52.2. The van der Waals surface area contributed by atoms with Crippen LogP contribution in [0.15, 0.2) is 82.5 Å². The maximum absolute atomic E-state index is 13.8. The van der Waals surface area contributed by atoms with Crippen LogP contribution in [0.2, 0.25) is 5.02 Å². The summed E-state index contributed by atoms with van der Waals surface area (Å²) in [5.74, 6) is 0.223. The summed E-state index contributed by atoms with van der Waals surface area (Å²) in [6.07, 6.45) is 2.88. The number of nitrogens with zero attached hydrogens (tertiary/aromatic N) is 2. The second-order valence-corrected chi connectivity index (χ2v) is 10.1. The average molecular weight is 524 g/mol. The Morgan fingerprint density at radius 2 is 1.89 bits per heavy atom. The fourth-order valence-electron chi connectivity index (χ4n) is 4.06. The van der Waals surface area contributed by atoms with Gasteiger partial charge in [-0.15, -0.1) is 0 Å². The molecule has 0 aliphatic heterocycles. The number of pyridine rings is 1. The molecule has 0 saturated heterocycles. The molecule has 0 amide bonds. The van der Waals surface area contributed by atoms with Crippen molar-refractivity contribution in [2.24, 2.45) is 0 Å². The maximum Gasteiger partial charge on any atom is 0.263 e. The fourth-order valence-corrected chi connectivity index (χ4v) is 5.37. The first-order valence-electron chi connectivity index (χ1n) is 10.7. The molecule has 0 spiro atoms. The molecule has 5 aromatic rings. The Balaban J connectivity index is 1.64. The van der Waals surface area contributed by atoms with E-state index in [1.807, 2.05) is 6.92 Å². The van der Waals surface area contributed by atoms with Crippen molar-refractivity contribution in [3.63, 3.8) is 0 Å². The van der Waals surface area contributed by atoms with E-state index in [1.54, 1.807) is 36.5 Å². The number of sulfonamides is 1. The fraction of sp³-hybridized carbons (Fsp3) is 0.0769. The summed E-state index contributed by atoms with van der Waals surface area (Å²) in [5, 5.41) is 5.36. The highest BCUT2D eigenvalue weighted by atomic mass is 35.5. The number of benzene rings is 3. The molecule has 5 rings (SSSR count). The van der Waals surface area contributed by atoms with E-state index in [2.05, 4.69) is 14.9 Å². The second kappa shape index (κ2) is 9.25. The van der Waals surface area contributed by atoms with E-state index in [0.717, 1.165) is 10.9 Å². The molecule has 0 radical (unpaired) electrons. The van der Waals surface area contributed by atoms with Gasteiger partial charge in [-0.3, -0.25) is 9.71 Å². The van der Waals surface area contributed by atoms with Crippen LogP contribution >= 0.6 is 11.6 Å². The molecular formula is C26H19ClFN3O4S. The number of anilines is 1. The second-order valence-electron chi connectivity index (χ2n) is 8.00. The van der Waals surface area contributed by atoms with Gasteiger partial charge in [-0.25, -0.2) is 12.8 Å². The lowest BCUT2D eigenvalue weighted by Crippen LogP contribution is -2.13. The molecule has 0 unspecified atom stereocenters. The Morgan fingerprint density at radius 3 is 2.61 bits per heavy atom. The third-order valence-electron chi connectivity index (χ3n) is 5.73. The molecule has 3 aromatic carbocycles. The van der Waals surface area contributed by atoms with Gasteiger partial charge < -0.3 is 9.26 Å². The molecule has 0 bridgehead atoms. The minimum Gasteiger partial charge on any atom is -0.496 e. The standard InChI is InChI=1S/C26H19ClFN3O4S/c1-15-26(22-12-23(27)21(13-24(22)34-2)16-4-3-5-18(28)10-16)20-7-6-19(11-17(20)14-29-15)36(32,33)31-25-8-9-35-30-25/h3-14H,1-2H3,(H,30,31). The number of methoxy groups -OCH3 is 1. The Labute approximate surface area is 211 Å². The van der Waals surface area contributed by atoms with Crippen molar-refractivity contribution >= 4 is 38.2 Å². The molecule has 2 aromatic heterocycles. The number of hydrogen-bond acceptors (Lipinski definition) is 6. The first-order valence-corrected chi connectivity index (χ1v) is 12.6. The monoisotopic (exact) mass is 523 g/mol. The minimum absolute atomic E-state index is 0.0426. The van der Waals surface area contributed by atoms with Crippen LogP contribution in [0.4, 0.5) is 10.2 Å². The molecule has 7 nitrogen and oxygen atoms in total. The molecule has 0 saturated carbocycles. The van der Waals surface area contributed by atoms with Crippen LogP contribution in [0.1, 0.15) is 5.69 Å². The normalized spacial score (nSPS) is 11.6. The molecule has 0 fully saturated rings. The van der Waals surface area contributed by atoms with Crippen LogP contribution in [0, 0.1) is 12.7 Å². The van der Waals surface area contributed by atoms with Crippen molar-refractivity contribution < 1.29 is 22.1 Å². The number of aryl methyl sites for hydroxylation is 1. The van der Waals surface area contributed by atoms with E-state index in [4.69, 9.17) is 20.9 Å². The summed E-state index contributed by atoms with van der Waals surface area (Å²) in [6, 6.07) is 15.8. The lowest BCUT2D eigenvalue weighted by atomic mass is 9.94. The molecular weight excluding hydrogens is 505 g/mol. The van der Waals surface area contributed by atoms with E-state index >= 15 is 0 Å². The van der Waals surface area contributed by atoms with Crippen molar-refractivity contribution in [2.45, 2.75) is 11.8 Å². The van der Waals surface area contributed by atoms with Gasteiger partial charge >= 0.3 is 0 Å². The Bertz CT molecular complexity index is 1710. The third-order valence-corrected chi connectivity index (χ3v) is 7.40. The van der Waals surface area contributed by atoms with Gasteiger partial charge in [-0.1, -0.05) is 35.0 Å². The van der Waals surface area contributed by atoms with E-state index in [9.17, 15) is 12.8 Å². The van der Waals surface area contributed by atoms with Gasteiger partial charge in [-0.05, 0) is 54.3 Å². The van der Waals surface area contributed by atoms with E-state index in [-0.39, 0.29) is 16.5 Å². The van der Waals surface area contributed by atoms with Gasteiger partial charge in [0.25, 0.3) is 10.0 Å². The zero-order valence-corrected chi connectivity index (χ0v) is 20.7. The van der Waals surface area contributed by atoms with Crippen LogP contribution in [0.3, 0.4) is 0 Å². The highest BCUT2D eigenvalue weighted by Gasteiger charge is 2.20. The average Bonchev–Trinajstić information content (AvgIpc) is 3.36. The van der Waals surface area contributed by atoms with Gasteiger partial charge in [0, 0.05) is 45.1 Å². The predicted octanol–water partition coefficient (Wildman–Crippen LogP) is 6.47. The molecule has 182 valence electrons. The zero-order chi connectivity index (χ0) is 25.4. The first kappa shape index (κ1) is 23.8. The number of rotatable bonds is 6. The van der Waals surface area contributed by atoms with E-state index in [1.165, 1.54) is 43.7 Å². The lowest BCUT2D eigenvalue weighted by molar-refractivity contribution is 0.416. The van der Waals surface area contributed by atoms with Crippen molar-refractivity contribution in [1.82, 2.24) is 10.1 Å². The number of nitrogens with one attached hydrogen (secondary N) is 1. The van der Waals surface area contributed by atoms with Crippen LogP contribution in [0.5, 0.6) is 5.75 Å². The van der Waals surface area contributed by atoms with Crippen molar-refractivity contribution in [3.8, 4) is 28.0 Å². The molecule has 0 aliphatic rings. The largest absolute Gasteiger partial charge is 0.496 e. The molecule has 0 atom stereocenters. The van der Waals surface area contributed by atoms with Gasteiger partial charge in [-0.2, -0.15) is 0 Å². The predicted molar refractivity (Wildman–Crippen MR) is 136 cm³/mol. The maximum atomic E-state index is 13.8. The van der Waals surface area contributed by atoms with Crippen molar-refractivity contribution in [3.05, 3.63) is 89.7 Å². The van der Waals surface area contributed by atoms with Crippen molar-refractivity contribution in [2.75, 3.05) is 11.8 Å². The highest BCUT2D eigenvalue weighted by molar-refractivity contribution is 7.92. The highest BCUT2D eigenvalue weighted by Crippen LogP contribution is 2.42. The molecule has 1 N–H and O–H groups in total. The number of halogens is 2. The number of fused-ring (bicyclic) bond motifs is 1. The van der Waals surface area contributed by atoms with Gasteiger partial charge in [0.15, 0.2) is 5.82 Å². The van der Waals surface area contributed by atoms with Crippen LogP contribution in [-0.2, 0) is 10.0 Å². The molecule has 36 heavy (non-hydrogen) atoms. The molecule has 0 aliphatic carbocycles. The summed E-state index contributed by atoms with van der Waals surface area (Å²) in [5.41, 5.74) is 3.36. The lowest BCUT2D eigenvalue weighted by Gasteiger charge is -2.17. The zero-order valence-electron chi connectivity index (χ0n) is 19.1. The smallest absolute Gasteiger partial charge is 0.263 e. The van der Waals surface area contributed by atoms with Gasteiger partial charge in [0.05, 0.1) is 12.0 Å². The van der Waals surface area contributed by atoms with Crippen molar-refractivity contribution in [1.29, 1.82) is 0 Å². The van der Waals surface area contributed by atoms with Gasteiger partial charge in [0.2, 0.25) is 0 Å². The molecule has 2 heterocycles. The first-order chi connectivity index (χ1) is 17.3. The Hall–Kier alpha value is -3.95. The summed E-state index contributed by atoms with van der Waals surface area (Å²) >= 11 is 6.65. The summed E-state index contributed by atoms with van der Waals surface area (Å²) in [6.45, 7) is 1.85. The number of hydrogen-bond donors (Lipinski definition) is 1. The molecule has 10 heteroatoms. The Morgan fingerprint density at radius 1 is 1.06 bits per heavy atom. The van der Waals surface area contributed by atoms with E-state index in [0.29, 0.717) is 38.5 Å². The summed E-state index contributed by atoms with van der Waals surface area (Å²) in [4.78, 5) is 4.53. The number of aromatic nitrogens is 2. The number of ether oxygens (including phenoxy) is 1. The quantitative estimate of drug-likeness (QED) is 0.274.